The lowest BCUT2D eigenvalue weighted by Crippen LogP contribution is -2.49. The van der Waals surface area contributed by atoms with Gasteiger partial charge >= 0.3 is 5.97 Å². The van der Waals surface area contributed by atoms with Crippen LogP contribution in [0.2, 0.25) is 0 Å². The molecule has 7 heteroatoms. The largest absolute Gasteiger partial charge is 0.480 e. The van der Waals surface area contributed by atoms with Crippen LogP contribution in [-0.2, 0) is 9.59 Å². The Balaban J connectivity index is 2.55. The molecule has 1 fully saturated rings. The Kier molecular flexibility index (Phi) is 5.43. The molecule has 0 aromatic heterocycles. The van der Waals surface area contributed by atoms with Gasteiger partial charge in [-0.15, -0.1) is 11.8 Å². The van der Waals surface area contributed by atoms with E-state index in [4.69, 9.17) is 10.8 Å². The first kappa shape index (κ1) is 13.7. The molecule has 0 saturated carbocycles. The summed E-state index contributed by atoms with van der Waals surface area (Å²) in [6, 6.07) is -1.29. The summed E-state index contributed by atoms with van der Waals surface area (Å²) in [4.78, 5) is 24.2. The van der Waals surface area contributed by atoms with Gasteiger partial charge in [0.2, 0.25) is 5.91 Å². The highest BCUT2D eigenvalue weighted by atomic mass is 32.2. The maximum atomic E-state index is 11.9. The third-order valence-electron chi connectivity index (χ3n) is 2.40. The minimum atomic E-state index is -0.949. The number of carbonyl (C=O) groups excluding carboxylic acids is 1. The van der Waals surface area contributed by atoms with E-state index in [0.717, 1.165) is 5.75 Å². The Bertz CT molecular complexity index is 275. The lowest BCUT2D eigenvalue weighted by molar-refractivity contribution is -0.148. The molecule has 0 spiro atoms. The van der Waals surface area contributed by atoms with Crippen LogP contribution >= 0.6 is 23.5 Å². The molecule has 0 aliphatic carbocycles. The van der Waals surface area contributed by atoms with Gasteiger partial charge in [0.1, 0.15) is 6.04 Å². The van der Waals surface area contributed by atoms with Crippen molar-refractivity contribution in [3.8, 4) is 0 Å². The fourth-order valence-electron chi connectivity index (χ4n) is 1.45. The molecule has 2 atom stereocenters. The van der Waals surface area contributed by atoms with Crippen LogP contribution in [0.15, 0.2) is 0 Å². The fraction of sp³-hybridized carbons (Fsp3) is 0.778. The van der Waals surface area contributed by atoms with Gasteiger partial charge in [-0.1, -0.05) is 0 Å². The molecule has 0 radical (unpaired) electrons. The molecule has 1 aliphatic rings. The van der Waals surface area contributed by atoms with Crippen molar-refractivity contribution in [1.29, 1.82) is 0 Å². The molecular formula is C9H16N2O3S2. The summed E-state index contributed by atoms with van der Waals surface area (Å²) in [5.74, 6) is 0.506. The van der Waals surface area contributed by atoms with Gasteiger partial charge < -0.3 is 15.7 Å². The summed E-state index contributed by atoms with van der Waals surface area (Å²) in [6.45, 7) is 0. The highest BCUT2D eigenvalue weighted by molar-refractivity contribution is 7.99. The predicted molar refractivity (Wildman–Crippen MR) is 66.6 cm³/mol. The summed E-state index contributed by atoms with van der Waals surface area (Å²) >= 11 is 3.08. The van der Waals surface area contributed by atoms with Crippen LogP contribution in [0.3, 0.4) is 0 Å². The second-order valence-corrected chi connectivity index (χ2v) is 5.54. The first-order valence-corrected chi connectivity index (χ1v) is 7.48. The summed E-state index contributed by atoms with van der Waals surface area (Å²) in [7, 11) is 0. The minimum absolute atomic E-state index is 0.244. The molecule has 16 heavy (non-hydrogen) atoms. The van der Waals surface area contributed by atoms with Crippen LogP contribution in [0.5, 0.6) is 0 Å². The summed E-state index contributed by atoms with van der Waals surface area (Å²) in [5.41, 5.74) is 5.74. The molecule has 0 aromatic carbocycles. The van der Waals surface area contributed by atoms with E-state index in [-0.39, 0.29) is 5.91 Å². The second kappa shape index (κ2) is 6.36. The van der Waals surface area contributed by atoms with Crippen molar-refractivity contribution in [3.05, 3.63) is 0 Å². The Morgan fingerprint density at radius 3 is 2.94 bits per heavy atom. The summed E-state index contributed by atoms with van der Waals surface area (Å²) in [6.07, 6.45) is 2.54. The number of aliphatic carboxylic acids is 1. The summed E-state index contributed by atoms with van der Waals surface area (Å²) < 4.78 is 0. The number of hydrogen-bond donors (Lipinski definition) is 2. The van der Waals surface area contributed by atoms with Crippen molar-refractivity contribution in [2.75, 3.05) is 23.6 Å². The molecule has 1 unspecified atom stereocenters. The topological polar surface area (TPSA) is 83.6 Å². The van der Waals surface area contributed by atoms with Crippen molar-refractivity contribution in [2.45, 2.75) is 18.5 Å². The molecule has 1 aliphatic heterocycles. The summed E-state index contributed by atoms with van der Waals surface area (Å²) in [5, 5.41) is 8.94. The van der Waals surface area contributed by atoms with Crippen LogP contribution in [0.1, 0.15) is 6.42 Å². The Morgan fingerprint density at radius 1 is 1.69 bits per heavy atom. The Hall–Kier alpha value is -0.400. The smallest absolute Gasteiger partial charge is 0.327 e. The molecular weight excluding hydrogens is 248 g/mol. The Morgan fingerprint density at radius 2 is 2.38 bits per heavy atom. The first-order chi connectivity index (χ1) is 7.57. The second-order valence-electron chi connectivity index (χ2n) is 3.55. The van der Waals surface area contributed by atoms with Crippen LogP contribution in [0.25, 0.3) is 0 Å². The van der Waals surface area contributed by atoms with E-state index in [1.165, 1.54) is 16.7 Å². The van der Waals surface area contributed by atoms with Crippen molar-refractivity contribution in [1.82, 2.24) is 4.90 Å². The van der Waals surface area contributed by atoms with E-state index in [1.54, 1.807) is 11.8 Å². The molecule has 1 saturated heterocycles. The zero-order valence-electron chi connectivity index (χ0n) is 9.09. The number of thioether (sulfide) groups is 2. The molecule has 92 valence electrons. The molecule has 5 nitrogen and oxygen atoms in total. The molecule has 0 aromatic rings. The quantitative estimate of drug-likeness (QED) is 0.730. The third-order valence-corrected chi connectivity index (χ3v) is 4.06. The number of hydrogen-bond acceptors (Lipinski definition) is 5. The maximum Gasteiger partial charge on any atom is 0.327 e. The van der Waals surface area contributed by atoms with Gasteiger partial charge in [-0.25, -0.2) is 4.79 Å². The van der Waals surface area contributed by atoms with Crippen molar-refractivity contribution in [2.24, 2.45) is 5.73 Å². The monoisotopic (exact) mass is 264 g/mol. The fourth-order valence-corrected chi connectivity index (χ4v) is 3.09. The SMILES string of the molecule is CSCC[C@H](N)C(=O)N1CSCC1C(=O)O. The number of carbonyl (C=O) groups is 2. The van der Waals surface area contributed by atoms with E-state index in [1.807, 2.05) is 6.26 Å². The van der Waals surface area contributed by atoms with Crippen LogP contribution < -0.4 is 5.73 Å². The van der Waals surface area contributed by atoms with Gasteiger partial charge in [-0.05, 0) is 18.4 Å². The Labute approximate surface area is 103 Å². The number of carboxylic acid groups (broad SMARTS) is 1. The van der Waals surface area contributed by atoms with E-state index >= 15 is 0 Å². The number of carboxylic acids is 1. The number of amides is 1. The average molecular weight is 264 g/mol. The minimum Gasteiger partial charge on any atom is -0.480 e. The zero-order chi connectivity index (χ0) is 12.1. The lowest BCUT2D eigenvalue weighted by atomic mass is 10.2. The van der Waals surface area contributed by atoms with Gasteiger partial charge in [-0.2, -0.15) is 11.8 Å². The van der Waals surface area contributed by atoms with Gasteiger partial charge in [0.25, 0.3) is 0 Å². The van der Waals surface area contributed by atoms with E-state index < -0.39 is 18.1 Å². The van der Waals surface area contributed by atoms with E-state index in [2.05, 4.69) is 0 Å². The standard InChI is InChI=1S/C9H16N2O3S2/c1-15-3-2-6(10)8(12)11-5-16-4-7(11)9(13)14/h6-7H,2-5,10H2,1H3,(H,13,14)/t6-,7?/m0/s1. The molecule has 1 heterocycles. The van der Waals surface area contributed by atoms with Gasteiger partial charge in [0.15, 0.2) is 0 Å². The molecule has 1 amide bonds. The molecule has 3 N–H and O–H groups in total. The van der Waals surface area contributed by atoms with Crippen LogP contribution in [0.4, 0.5) is 0 Å². The van der Waals surface area contributed by atoms with Crippen molar-refractivity contribution in [3.63, 3.8) is 0 Å². The zero-order valence-corrected chi connectivity index (χ0v) is 10.7. The van der Waals surface area contributed by atoms with Crippen LogP contribution in [0, 0.1) is 0 Å². The van der Waals surface area contributed by atoms with Crippen molar-refractivity contribution >= 4 is 35.4 Å². The first-order valence-electron chi connectivity index (χ1n) is 4.93. The van der Waals surface area contributed by atoms with Gasteiger partial charge in [-0.3, -0.25) is 4.79 Å². The highest BCUT2D eigenvalue weighted by Gasteiger charge is 2.36. The maximum absolute atomic E-state index is 11.9. The number of nitrogens with two attached hydrogens (primary N) is 1. The third kappa shape index (κ3) is 3.29. The molecule has 0 bridgehead atoms. The van der Waals surface area contributed by atoms with Gasteiger partial charge in [0, 0.05) is 5.75 Å². The molecule has 1 rings (SSSR count). The van der Waals surface area contributed by atoms with Crippen molar-refractivity contribution < 1.29 is 14.7 Å². The number of nitrogens with zero attached hydrogens (tertiary/aromatic N) is 1. The predicted octanol–water partition coefficient (Wildman–Crippen LogP) is 0.0529. The van der Waals surface area contributed by atoms with E-state index in [0.29, 0.717) is 18.1 Å². The normalized spacial score (nSPS) is 22.1. The average Bonchev–Trinajstić information content (AvgIpc) is 2.73. The van der Waals surface area contributed by atoms with Gasteiger partial charge in [0.05, 0.1) is 11.9 Å². The lowest BCUT2D eigenvalue weighted by Gasteiger charge is -2.23. The number of rotatable bonds is 5. The highest BCUT2D eigenvalue weighted by Crippen LogP contribution is 2.22. The van der Waals surface area contributed by atoms with Crippen LogP contribution in [-0.4, -0.2) is 57.6 Å². The van der Waals surface area contributed by atoms with E-state index in [9.17, 15) is 9.59 Å².